The molecule has 0 aliphatic carbocycles. The number of aliphatic hydroxyl groups is 1. The van der Waals surface area contributed by atoms with Gasteiger partial charge >= 0.3 is 18.4 Å². The Hall–Kier alpha value is -3.60. The summed E-state index contributed by atoms with van der Waals surface area (Å²) in [6.07, 6.45) is -12.7. The van der Waals surface area contributed by atoms with E-state index in [0.717, 1.165) is 34.6 Å². The molecule has 9 nitrogen and oxygen atoms in total. The van der Waals surface area contributed by atoms with Crippen LogP contribution in [0.5, 0.6) is 0 Å². The molecule has 2 aliphatic heterocycles. The number of halogens is 7. The first-order valence-corrected chi connectivity index (χ1v) is 15.0. The number of anilines is 1. The fourth-order valence-corrected chi connectivity index (χ4v) is 7.13. The van der Waals surface area contributed by atoms with Gasteiger partial charge in [0.15, 0.2) is 0 Å². The van der Waals surface area contributed by atoms with Crippen molar-refractivity contribution in [3.05, 3.63) is 59.4 Å². The van der Waals surface area contributed by atoms with Crippen LogP contribution in [0.4, 0.5) is 41.2 Å². The minimum atomic E-state index is -6.15. The number of hydrogen-bond acceptors (Lipinski definition) is 5. The van der Waals surface area contributed by atoms with Crippen LogP contribution in [-0.2, 0) is 26.8 Å². The number of nitrogens with zero attached hydrogens (tertiary/aromatic N) is 2. The van der Waals surface area contributed by atoms with E-state index in [4.69, 9.17) is 0 Å². The molecule has 2 unspecified atom stereocenters. The molecule has 2 aliphatic rings. The van der Waals surface area contributed by atoms with E-state index in [1.165, 1.54) is 4.90 Å². The van der Waals surface area contributed by atoms with Crippen molar-refractivity contribution in [2.75, 3.05) is 23.9 Å². The number of sulfonamides is 1. The number of carbonyl (C=O) groups excluding carboxylic acids is 2. The van der Waals surface area contributed by atoms with E-state index in [9.17, 15) is 53.8 Å². The van der Waals surface area contributed by atoms with Crippen LogP contribution in [0.2, 0.25) is 0 Å². The van der Waals surface area contributed by atoms with E-state index in [2.05, 4.69) is 10.6 Å². The van der Waals surface area contributed by atoms with Crippen molar-refractivity contribution < 1.29 is 53.8 Å². The Morgan fingerprint density at radius 1 is 1.00 bits per heavy atom. The van der Waals surface area contributed by atoms with Gasteiger partial charge in [-0.3, -0.25) is 9.10 Å². The maximum atomic E-state index is 13.8. The Morgan fingerprint density at radius 3 is 2.23 bits per heavy atom. The van der Waals surface area contributed by atoms with E-state index in [-0.39, 0.29) is 43.2 Å². The van der Waals surface area contributed by atoms with Gasteiger partial charge < -0.3 is 20.6 Å². The molecule has 1 saturated heterocycles. The van der Waals surface area contributed by atoms with Crippen molar-refractivity contribution in [2.24, 2.45) is 0 Å². The zero-order valence-electron chi connectivity index (χ0n) is 23.2. The molecule has 2 aromatic rings. The van der Waals surface area contributed by atoms with Gasteiger partial charge in [-0.2, -0.15) is 26.3 Å². The summed E-state index contributed by atoms with van der Waals surface area (Å²) in [5, 5.41) is 15.2. The first-order chi connectivity index (χ1) is 20.4. The van der Waals surface area contributed by atoms with Gasteiger partial charge in [-0.15, -0.1) is 0 Å². The number of carbonyl (C=O) groups is 2. The van der Waals surface area contributed by atoms with E-state index in [1.807, 2.05) is 0 Å². The first-order valence-electron chi connectivity index (χ1n) is 13.5. The van der Waals surface area contributed by atoms with Crippen LogP contribution in [-0.4, -0.2) is 74.4 Å². The van der Waals surface area contributed by atoms with Crippen molar-refractivity contribution >= 4 is 27.6 Å². The lowest BCUT2D eigenvalue weighted by Gasteiger charge is -2.39. The number of aryl methyl sites for hydroxylation is 1. The molecule has 4 rings (SSSR count). The van der Waals surface area contributed by atoms with Crippen molar-refractivity contribution in [1.82, 2.24) is 15.5 Å². The molecular weight excluding hydrogens is 625 g/mol. The zero-order chi connectivity index (χ0) is 32.7. The molecular formula is C27H29F7N4O5S. The Bertz CT molecular complexity index is 1490. The van der Waals surface area contributed by atoms with Crippen molar-refractivity contribution in [3.8, 4) is 0 Å². The number of amides is 3. The molecule has 44 heavy (non-hydrogen) atoms. The highest BCUT2D eigenvalue weighted by Gasteiger charge is 2.71. The Labute approximate surface area is 248 Å². The zero-order valence-corrected chi connectivity index (χ0v) is 24.0. The molecule has 3 amide bonds. The standard InChI is InChI=1S/C27H29F7N4O5S/c1-2-35-24(40)36-19-11-12-37(15-19)23(39)14-20-7-3-16-13-17(25(41,26(29,30)31)27(32,33)34)4-10-22(16)38(20)44(42,43)21-8-5-18(28)6-9-21/h4-6,8-10,13,19-20,41H,2-3,7,11-12,14-15H2,1H3,(H2,35,36,40). The monoisotopic (exact) mass is 654 g/mol. The summed E-state index contributed by atoms with van der Waals surface area (Å²) in [7, 11) is -4.62. The number of hydrogen-bond donors (Lipinski definition) is 3. The number of fused-ring (bicyclic) bond motifs is 1. The van der Waals surface area contributed by atoms with Gasteiger partial charge in [0.2, 0.25) is 5.91 Å². The minimum Gasteiger partial charge on any atom is -0.369 e. The van der Waals surface area contributed by atoms with Crippen molar-refractivity contribution in [2.45, 2.75) is 67.5 Å². The molecule has 242 valence electrons. The summed E-state index contributed by atoms with van der Waals surface area (Å²) in [5.41, 5.74) is -7.30. The highest BCUT2D eigenvalue weighted by molar-refractivity contribution is 7.92. The van der Waals surface area contributed by atoms with Crippen LogP contribution >= 0.6 is 0 Å². The van der Waals surface area contributed by atoms with Crippen LogP contribution in [0, 0.1) is 5.82 Å². The average Bonchev–Trinajstić information content (AvgIpc) is 3.39. The lowest BCUT2D eigenvalue weighted by Crippen LogP contribution is -2.54. The third-order valence-corrected chi connectivity index (χ3v) is 9.51. The molecule has 2 atom stereocenters. The quantitative estimate of drug-likeness (QED) is 0.391. The van der Waals surface area contributed by atoms with Crippen LogP contribution in [0.3, 0.4) is 0 Å². The lowest BCUT2D eigenvalue weighted by molar-refractivity contribution is -0.376. The highest BCUT2D eigenvalue weighted by atomic mass is 32.2. The fourth-order valence-electron chi connectivity index (χ4n) is 5.41. The smallest absolute Gasteiger partial charge is 0.369 e. The van der Waals surface area contributed by atoms with Gasteiger partial charge in [0, 0.05) is 37.7 Å². The minimum absolute atomic E-state index is 0.140. The van der Waals surface area contributed by atoms with Gasteiger partial charge in [0.1, 0.15) is 5.82 Å². The van der Waals surface area contributed by atoms with Crippen molar-refractivity contribution in [1.29, 1.82) is 0 Å². The van der Waals surface area contributed by atoms with Gasteiger partial charge in [-0.05, 0) is 62.1 Å². The van der Waals surface area contributed by atoms with Crippen LogP contribution in [0.1, 0.15) is 37.3 Å². The molecule has 0 saturated carbocycles. The first kappa shape index (κ1) is 33.3. The third-order valence-electron chi connectivity index (χ3n) is 7.63. The molecule has 3 N–H and O–H groups in total. The molecule has 0 bridgehead atoms. The lowest BCUT2D eigenvalue weighted by atomic mass is 9.87. The molecule has 2 heterocycles. The second-order valence-electron chi connectivity index (χ2n) is 10.5. The maximum Gasteiger partial charge on any atom is 0.430 e. The average molecular weight is 655 g/mol. The van der Waals surface area contributed by atoms with E-state index < -0.39 is 68.7 Å². The van der Waals surface area contributed by atoms with E-state index >= 15 is 0 Å². The predicted molar refractivity (Wildman–Crippen MR) is 142 cm³/mol. The number of nitrogens with one attached hydrogen (secondary N) is 2. The normalized spacial score (nSPS) is 19.5. The van der Waals surface area contributed by atoms with Crippen LogP contribution < -0.4 is 14.9 Å². The SMILES string of the molecule is CCNC(=O)NC1CCN(C(=O)CC2CCc3cc(C(O)(C(F)(F)F)C(F)(F)F)ccc3N2S(=O)(=O)c2ccc(F)cc2)C1. The number of benzene rings is 2. The Kier molecular flexibility index (Phi) is 9.13. The molecule has 0 spiro atoms. The summed E-state index contributed by atoms with van der Waals surface area (Å²) in [5.74, 6) is -1.25. The molecule has 1 fully saturated rings. The molecule has 0 aromatic heterocycles. The van der Waals surface area contributed by atoms with Crippen LogP contribution in [0.15, 0.2) is 47.4 Å². The second kappa shape index (κ2) is 12.1. The summed E-state index contributed by atoms with van der Waals surface area (Å²) >= 11 is 0. The predicted octanol–water partition coefficient (Wildman–Crippen LogP) is 3.96. The summed E-state index contributed by atoms with van der Waals surface area (Å²) in [6, 6.07) is 3.23. The number of rotatable bonds is 7. The topological polar surface area (TPSA) is 119 Å². The van der Waals surface area contributed by atoms with Gasteiger partial charge in [0.05, 0.1) is 16.6 Å². The molecule has 0 radical (unpaired) electrons. The highest BCUT2D eigenvalue weighted by Crippen LogP contribution is 2.51. The van der Waals surface area contributed by atoms with Crippen molar-refractivity contribution in [3.63, 3.8) is 0 Å². The van der Waals surface area contributed by atoms with Gasteiger partial charge in [-0.1, -0.05) is 12.1 Å². The molecule has 17 heteroatoms. The van der Waals surface area contributed by atoms with Gasteiger partial charge in [0.25, 0.3) is 15.6 Å². The Balaban J connectivity index is 1.70. The molecule has 2 aromatic carbocycles. The van der Waals surface area contributed by atoms with E-state index in [1.54, 1.807) is 6.92 Å². The number of likely N-dealkylation sites (tertiary alicyclic amines) is 1. The summed E-state index contributed by atoms with van der Waals surface area (Å²) < 4.78 is 123. The number of urea groups is 1. The number of alkyl halides is 6. The van der Waals surface area contributed by atoms with Crippen LogP contribution in [0.25, 0.3) is 0 Å². The van der Waals surface area contributed by atoms with Gasteiger partial charge in [-0.25, -0.2) is 17.6 Å². The summed E-state index contributed by atoms with van der Waals surface area (Å²) in [6.45, 7) is 2.50. The third kappa shape index (κ3) is 6.29. The second-order valence-corrected chi connectivity index (χ2v) is 12.3. The Morgan fingerprint density at radius 2 is 1.64 bits per heavy atom. The summed E-state index contributed by atoms with van der Waals surface area (Å²) in [4.78, 5) is 26.1. The maximum absolute atomic E-state index is 13.8. The van der Waals surface area contributed by atoms with E-state index in [0.29, 0.717) is 25.1 Å². The fraction of sp³-hybridized carbons (Fsp3) is 0.481. The largest absolute Gasteiger partial charge is 0.430 e.